The van der Waals surface area contributed by atoms with Gasteiger partial charge in [-0.05, 0) is 31.0 Å². The third kappa shape index (κ3) is 7.11. The van der Waals surface area contributed by atoms with Crippen LogP contribution in [-0.4, -0.2) is 47.9 Å². The first-order chi connectivity index (χ1) is 13.5. The van der Waals surface area contributed by atoms with Crippen LogP contribution in [0.3, 0.4) is 0 Å². The number of rotatable bonds is 7. The lowest BCUT2D eigenvalue weighted by Crippen LogP contribution is -2.42. The van der Waals surface area contributed by atoms with Crippen LogP contribution in [-0.2, 0) is 9.59 Å². The highest BCUT2D eigenvalue weighted by Crippen LogP contribution is 2.14. The number of aliphatic carboxylic acids is 1. The zero-order valence-electron chi connectivity index (χ0n) is 15.5. The summed E-state index contributed by atoms with van der Waals surface area (Å²) in [4.78, 5) is 39.3. The topological polar surface area (TPSA) is 120 Å². The number of carboxylic acid groups (broad SMARTS) is 1. The molecule has 1 atom stereocenters. The Morgan fingerprint density at radius 3 is 2.82 bits per heavy atom. The van der Waals surface area contributed by atoms with Gasteiger partial charge in [0.05, 0.1) is 13.0 Å². The molecular formula is C20H24N4O4. The van der Waals surface area contributed by atoms with Crippen LogP contribution in [0, 0.1) is 12.3 Å². The predicted molar refractivity (Wildman–Crippen MR) is 106 cm³/mol. The monoisotopic (exact) mass is 384 g/mol. The van der Waals surface area contributed by atoms with Gasteiger partial charge in [-0.15, -0.1) is 6.42 Å². The minimum absolute atomic E-state index is 0.305. The first-order valence-electron chi connectivity index (χ1n) is 9.14. The molecule has 4 N–H and O–H groups in total. The lowest BCUT2D eigenvalue weighted by Gasteiger charge is -2.12. The van der Waals surface area contributed by atoms with E-state index in [1.165, 1.54) is 0 Å². The Bertz CT molecular complexity index is 798. The summed E-state index contributed by atoms with van der Waals surface area (Å²) in [5, 5.41) is 16.8. The summed E-state index contributed by atoms with van der Waals surface area (Å²) in [6.45, 7) is 0.499. The highest BCUT2D eigenvalue weighted by molar-refractivity contribution is 5.99. The molecule has 2 rings (SSSR count). The Hall–Kier alpha value is -3.34. The molecule has 0 aromatic heterocycles. The molecule has 148 valence electrons. The van der Waals surface area contributed by atoms with Crippen molar-refractivity contribution in [1.29, 1.82) is 0 Å². The van der Waals surface area contributed by atoms with Crippen LogP contribution < -0.4 is 16.0 Å². The molecule has 0 radical (unpaired) electrons. The maximum absolute atomic E-state index is 12.3. The van der Waals surface area contributed by atoms with Crippen LogP contribution in [0.1, 0.15) is 42.5 Å². The molecule has 0 saturated heterocycles. The van der Waals surface area contributed by atoms with E-state index in [1.54, 1.807) is 18.2 Å². The van der Waals surface area contributed by atoms with E-state index >= 15 is 0 Å². The molecule has 8 heteroatoms. The maximum atomic E-state index is 12.3. The van der Waals surface area contributed by atoms with E-state index < -0.39 is 23.8 Å². The van der Waals surface area contributed by atoms with Gasteiger partial charge in [0.1, 0.15) is 11.9 Å². The standard InChI is InChI=1S/C20H24N4O4/c1-2-15(12-19(26)27)24-18(25)13-22-20(28)14-7-6-8-16(11-14)23-17-9-4-3-5-10-21-17/h1,6-8,11,15H,3-5,9-10,12-13H2,(H,21,23)(H,22,28)(H,24,25)(H,26,27). The zero-order valence-corrected chi connectivity index (χ0v) is 15.5. The van der Waals surface area contributed by atoms with Crippen molar-refractivity contribution in [3.05, 3.63) is 29.8 Å². The Morgan fingerprint density at radius 1 is 1.25 bits per heavy atom. The van der Waals surface area contributed by atoms with Crippen LogP contribution in [0.2, 0.25) is 0 Å². The molecule has 1 aliphatic heterocycles. The highest BCUT2D eigenvalue weighted by atomic mass is 16.4. The van der Waals surface area contributed by atoms with Gasteiger partial charge >= 0.3 is 5.97 Å². The number of hydrogen-bond donors (Lipinski definition) is 4. The largest absolute Gasteiger partial charge is 0.481 e. The van der Waals surface area contributed by atoms with Crippen molar-refractivity contribution in [1.82, 2.24) is 10.6 Å². The highest BCUT2D eigenvalue weighted by Gasteiger charge is 2.15. The lowest BCUT2D eigenvalue weighted by atomic mass is 10.1. The Labute approximate surface area is 163 Å². The molecule has 1 aromatic carbocycles. The first-order valence-corrected chi connectivity index (χ1v) is 9.14. The third-order valence-corrected chi connectivity index (χ3v) is 4.11. The molecule has 1 heterocycles. The van der Waals surface area contributed by atoms with Gasteiger partial charge in [0.2, 0.25) is 5.91 Å². The number of nitrogens with one attached hydrogen (secondary N) is 3. The fraction of sp³-hybridized carbons (Fsp3) is 0.400. The van der Waals surface area contributed by atoms with E-state index in [4.69, 9.17) is 11.5 Å². The number of amides is 2. The van der Waals surface area contributed by atoms with Gasteiger partial charge in [-0.2, -0.15) is 0 Å². The molecule has 0 saturated carbocycles. The number of amidine groups is 1. The molecule has 2 amide bonds. The predicted octanol–water partition coefficient (Wildman–Crippen LogP) is 1.39. The second-order valence-electron chi connectivity index (χ2n) is 6.41. The van der Waals surface area contributed by atoms with Crippen LogP contribution in [0.5, 0.6) is 0 Å². The van der Waals surface area contributed by atoms with E-state index in [-0.39, 0.29) is 13.0 Å². The number of terminal acetylenes is 1. The summed E-state index contributed by atoms with van der Waals surface area (Å²) in [5.74, 6) is 1.01. The number of anilines is 1. The SMILES string of the molecule is C#CC(CC(=O)O)NC(=O)CNC(=O)c1cccc(NC2=NCCCCC2)c1. The Kier molecular flexibility index (Phi) is 8.03. The van der Waals surface area contributed by atoms with Crippen molar-refractivity contribution >= 4 is 29.3 Å². The first kappa shape index (κ1) is 21.0. The molecule has 0 aliphatic carbocycles. The molecule has 0 bridgehead atoms. The van der Waals surface area contributed by atoms with Gasteiger partial charge in [-0.1, -0.05) is 18.4 Å². The molecule has 0 spiro atoms. The Balaban J connectivity index is 1.88. The third-order valence-electron chi connectivity index (χ3n) is 4.11. The lowest BCUT2D eigenvalue weighted by molar-refractivity contribution is -0.137. The van der Waals surface area contributed by atoms with E-state index in [0.29, 0.717) is 5.56 Å². The fourth-order valence-corrected chi connectivity index (χ4v) is 2.72. The number of benzene rings is 1. The van der Waals surface area contributed by atoms with Gasteiger partial charge in [0.25, 0.3) is 5.91 Å². The minimum atomic E-state index is -1.12. The second-order valence-corrected chi connectivity index (χ2v) is 6.41. The summed E-state index contributed by atoms with van der Waals surface area (Å²) in [7, 11) is 0. The van der Waals surface area contributed by atoms with Gasteiger partial charge in [0.15, 0.2) is 0 Å². The molecule has 1 unspecified atom stereocenters. The number of nitrogens with zero attached hydrogens (tertiary/aromatic N) is 1. The quantitative estimate of drug-likeness (QED) is 0.530. The summed E-state index contributed by atoms with van der Waals surface area (Å²) >= 11 is 0. The number of aliphatic imine (C=N–C) groups is 1. The average molecular weight is 384 g/mol. The molecule has 1 aliphatic rings. The number of carboxylic acids is 1. The second kappa shape index (κ2) is 10.7. The van der Waals surface area contributed by atoms with Crippen LogP contribution >= 0.6 is 0 Å². The smallest absolute Gasteiger partial charge is 0.306 e. The number of carbonyl (C=O) groups is 3. The normalized spacial score (nSPS) is 14.6. The van der Waals surface area contributed by atoms with Crippen LogP contribution in [0.4, 0.5) is 5.69 Å². The number of hydrogen-bond acceptors (Lipinski definition) is 5. The maximum Gasteiger partial charge on any atom is 0.306 e. The molecule has 28 heavy (non-hydrogen) atoms. The molecular weight excluding hydrogens is 360 g/mol. The van der Waals surface area contributed by atoms with Crippen molar-refractivity contribution < 1.29 is 19.5 Å². The molecule has 0 fully saturated rings. The Morgan fingerprint density at radius 2 is 2.07 bits per heavy atom. The summed E-state index contributed by atoms with van der Waals surface area (Å²) < 4.78 is 0. The fourth-order valence-electron chi connectivity index (χ4n) is 2.72. The van der Waals surface area contributed by atoms with Gasteiger partial charge < -0.3 is 21.1 Å². The van der Waals surface area contributed by atoms with Gasteiger partial charge in [-0.25, -0.2) is 0 Å². The van der Waals surface area contributed by atoms with E-state index in [9.17, 15) is 14.4 Å². The summed E-state index contributed by atoms with van der Waals surface area (Å²) in [6, 6.07) is 6.00. The van der Waals surface area contributed by atoms with Crippen LogP contribution in [0.25, 0.3) is 0 Å². The van der Waals surface area contributed by atoms with E-state index in [2.05, 4.69) is 26.9 Å². The van der Waals surface area contributed by atoms with Crippen molar-refractivity contribution in [2.24, 2.45) is 4.99 Å². The average Bonchev–Trinajstić information content (AvgIpc) is 2.94. The number of carbonyl (C=O) groups excluding carboxylic acids is 2. The van der Waals surface area contributed by atoms with E-state index in [1.807, 2.05) is 6.07 Å². The minimum Gasteiger partial charge on any atom is -0.481 e. The zero-order chi connectivity index (χ0) is 20.4. The van der Waals surface area contributed by atoms with Gasteiger partial charge in [0, 0.05) is 24.2 Å². The summed E-state index contributed by atoms with van der Waals surface area (Å²) in [5.41, 5.74) is 1.15. The summed E-state index contributed by atoms with van der Waals surface area (Å²) in [6.07, 6.45) is 9.01. The van der Waals surface area contributed by atoms with E-state index in [0.717, 1.165) is 43.8 Å². The van der Waals surface area contributed by atoms with Gasteiger partial charge in [-0.3, -0.25) is 19.4 Å². The molecule has 1 aromatic rings. The van der Waals surface area contributed by atoms with Crippen molar-refractivity contribution in [3.63, 3.8) is 0 Å². The van der Waals surface area contributed by atoms with Crippen molar-refractivity contribution in [2.75, 3.05) is 18.4 Å². The molecule has 8 nitrogen and oxygen atoms in total. The van der Waals surface area contributed by atoms with Crippen molar-refractivity contribution in [2.45, 2.75) is 38.1 Å². The van der Waals surface area contributed by atoms with Crippen LogP contribution in [0.15, 0.2) is 29.3 Å². The van der Waals surface area contributed by atoms with Crippen molar-refractivity contribution in [3.8, 4) is 12.3 Å².